The highest BCUT2D eigenvalue weighted by atomic mass is 19.1. The molecule has 0 radical (unpaired) electrons. The number of benzene rings is 2. The van der Waals surface area contributed by atoms with E-state index in [9.17, 15) is 14.3 Å². The first-order valence-corrected chi connectivity index (χ1v) is 7.47. The van der Waals surface area contributed by atoms with E-state index >= 15 is 0 Å². The Labute approximate surface area is 134 Å². The van der Waals surface area contributed by atoms with Crippen molar-refractivity contribution in [3.63, 3.8) is 0 Å². The molecule has 122 valence electrons. The fraction of sp³-hybridized carbons (Fsp3) is 0.278. The van der Waals surface area contributed by atoms with Gasteiger partial charge < -0.3 is 15.2 Å². The van der Waals surface area contributed by atoms with Crippen molar-refractivity contribution >= 4 is 5.91 Å². The van der Waals surface area contributed by atoms with Gasteiger partial charge in [0.15, 0.2) is 0 Å². The van der Waals surface area contributed by atoms with Crippen molar-refractivity contribution < 1.29 is 19.0 Å². The second-order valence-corrected chi connectivity index (χ2v) is 5.13. The van der Waals surface area contributed by atoms with Crippen molar-refractivity contribution in [1.29, 1.82) is 0 Å². The maximum atomic E-state index is 13.5. The lowest BCUT2D eigenvalue weighted by atomic mass is 10.1. The summed E-state index contributed by atoms with van der Waals surface area (Å²) in [6.45, 7) is 0.709. The smallest absolute Gasteiger partial charge is 0.222 e. The van der Waals surface area contributed by atoms with Crippen LogP contribution in [-0.4, -0.2) is 24.2 Å². The van der Waals surface area contributed by atoms with Crippen LogP contribution < -0.4 is 5.32 Å². The van der Waals surface area contributed by atoms with Crippen molar-refractivity contribution in [2.24, 2.45) is 0 Å². The average Bonchev–Trinajstić information content (AvgIpc) is 2.58. The lowest BCUT2D eigenvalue weighted by Gasteiger charge is -2.13. The molecular formula is C18H20FNO3. The molecule has 1 amide bonds. The van der Waals surface area contributed by atoms with Crippen molar-refractivity contribution in [3.8, 4) is 0 Å². The Morgan fingerprint density at radius 1 is 1.13 bits per heavy atom. The van der Waals surface area contributed by atoms with Crippen LogP contribution in [0.1, 0.15) is 23.7 Å². The van der Waals surface area contributed by atoms with E-state index in [4.69, 9.17) is 4.74 Å². The number of nitrogens with one attached hydrogen (secondary N) is 1. The van der Waals surface area contributed by atoms with Crippen molar-refractivity contribution in [1.82, 2.24) is 5.32 Å². The molecule has 1 atom stereocenters. The molecule has 0 aliphatic heterocycles. The van der Waals surface area contributed by atoms with E-state index in [1.807, 2.05) is 30.3 Å². The lowest BCUT2D eigenvalue weighted by molar-refractivity contribution is -0.122. The van der Waals surface area contributed by atoms with Crippen molar-refractivity contribution in [3.05, 3.63) is 71.5 Å². The molecule has 2 aromatic carbocycles. The molecule has 1 unspecified atom stereocenters. The number of halogens is 1. The Hall–Kier alpha value is -2.24. The highest BCUT2D eigenvalue weighted by Gasteiger charge is 2.13. The molecule has 2 N–H and O–H groups in total. The van der Waals surface area contributed by atoms with E-state index in [0.29, 0.717) is 6.61 Å². The Morgan fingerprint density at radius 2 is 1.83 bits per heavy atom. The minimum atomic E-state index is -1.06. The Kier molecular flexibility index (Phi) is 6.72. The van der Waals surface area contributed by atoms with Crippen LogP contribution in [0.5, 0.6) is 0 Å². The van der Waals surface area contributed by atoms with Gasteiger partial charge in [-0.2, -0.15) is 0 Å². The first kappa shape index (κ1) is 17.1. The van der Waals surface area contributed by atoms with E-state index < -0.39 is 11.9 Å². The number of amides is 1. The lowest BCUT2D eigenvalue weighted by Crippen LogP contribution is -2.29. The topological polar surface area (TPSA) is 58.6 Å². The molecule has 0 aromatic heterocycles. The van der Waals surface area contributed by atoms with Gasteiger partial charge in [-0.05, 0) is 11.6 Å². The van der Waals surface area contributed by atoms with Crippen LogP contribution in [0.3, 0.4) is 0 Å². The fourth-order valence-electron chi connectivity index (χ4n) is 2.08. The predicted molar refractivity (Wildman–Crippen MR) is 85.1 cm³/mol. The summed E-state index contributed by atoms with van der Waals surface area (Å²) in [5, 5.41) is 12.5. The molecule has 23 heavy (non-hydrogen) atoms. The number of carbonyl (C=O) groups excluding carboxylic acids is 1. The number of hydrogen-bond acceptors (Lipinski definition) is 3. The van der Waals surface area contributed by atoms with Gasteiger partial charge in [-0.3, -0.25) is 4.79 Å². The van der Waals surface area contributed by atoms with Gasteiger partial charge >= 0.3 is 0 Å². The second-order valence-electron chi connectivity index (χ2n) is 5.13. The molecule has 0 aliphatic carbocycles. The number of hydrogen-bond donors (Lipinski definition) is 2. The van der Waals surface area contributed by atoms with E-state index in [1.54, 1.807) is 12.1 Å². The SMILES string of the molecule is O=C(CCOCc1ccccc1)NCC(O)c1ccccc1F. The van der Waals surface area contributed by atoms with Gasteiger partial charge in [0, 0.05) is 18.5 Å². The minimum Gasteiger partial charge on any atom is -0.386 e. The third kappa shape index (κ3) is 5.81. The zero-order valence-corrected chi connectivity index (χ0v) is 12.7. The molecule has 5 heteroatoms. The summed E-state index contributed by atoms with van der Waals surface area (Å²) in [6.07, 6.45) is -0.873. The maximum absolute atomic E-state index is 13.5. The van der Waals surface area contributed by atoms with Gasteiger partial charge in [-0.1, -0.05) is 48.5 Å². The number of aliphatic hydroxyl groups excluding tert-OH is 1. The summed E-state index contributed by atoms with van der Waals surface area (Å²) in [5.74, 6) is -0.728. The van der Waals surface area contributed by atoms with E-state index in [2.05, 4.69) is 5.32 Å². The molecule has 0 fully saturated rings. The molecule has 4 nitrogen and oxygen atoms in total. The molecule has 0 heterocycles. The Balaban J connectivity index is 1.64. The second kappa shape index (κ2) is 9.02. The highest BCUT2D eigenvalue weighted by molar-refractivity contribution is 5.76. The third-order valence-electron chi connectivity index (χ3n) is 3.34. The van der Waals surface area contributed by atoms with Gasteiger partial charge in [0.1, 0.15) is 5.82 Å². The molecule has 0 bridgehead atoms. The van der Waals surface area contributed by atoms with Crippen LogP contribution >= 0.6 is 0 Å². The fourth-order valence-corrected chi connectivity index (χ4v) is 2.08. The van der Waals surface area contributed by atoms with Crippen molar-refractivity contribution in [2.45, 2.75) is 19.1 Å². The summed E-state index contributed by atoms with van der Waals surface area (Å²) in [4.78, 5) is 11.7. The van der Waals surface area contributed by atoms with Gasteiger partial charge in [0.05, 0.1) is 19.3 Å². The van der Waals surface area contributed by atoms with Crippen LogP contribution in [0.2, 0.25) is 0 Å². The number of rotatable bonds is 8. The first-order chi connectivity index (χ1) is 11.2. The molecular weight excluding hydrogens is 297 g/mol. The van der Waals surface area contributed by atoms with Crippen LogP contribution in [0.4, 0.5) is 4.39 Å². The van der Waals surface area contributed by atoms with Gasteiger partial charge in [0.2, 0.25) is 5.91 Å². The maximum Gasteiger partial charge on any atom is 0.222 e. The van der Waals surface area contributed by atoms with Crippen molar-refractivity contribution in [2.75, 3.05) is 13.2 Å². The monoisotopic (exact) mass is 317 g/mol. The Morgan fingerprint density at radius 3 is 2.57 bits per heavy atom. The number of aliphatic hydroxyl groups is 1. The van der Waals surface area contributed by atoms with E-state index in [1.165, 1.54) is 12.1 Å². The standard InChI is InChI=1S/C18H20FNO3/c19-16-9-5-4-8-15(16)17(21)12-20-18(22)10-11-23-13-14-6-2-1-3-7-14/h1-9,17,21H,10-13H2,(H,20,22). The minimum absolute atomic E-state index is 0.0293. The zero-order valence-electron chi connectivity index (χ0n) is 12.7. The highest BCUT2D eigenvalue weighted by Crippen LogP contribution is 2.15. The normalized spacial score (nSPS) is 11.9. The third-order valence-corrected chi connectivity index (χ3v) is 3.34. The number of ether oxygens (including phenoxy) is 1. The summed E-state index contributed by atoms with van der Waals surface area (Å²) in [7, 11) is 0. The molecule has 2 aromatic rings. The van der Waals surface area contributed by atoms with Gasteiger partial charge in [-0.25, -0.2) is 4.39 Å². The summed E-state index contributed by atoms with van der Waals surface area (Å²) >= 11 is 0. The molecule has 0 saturated carbocycles. The molecule has 2 rings (SSSR count). The molecule has 0 aliphatic rings. The molecule has 0 saturated heterocycles. The van der Waals surface area contributed by atoms with Crippen LogP contribution in [0.15, 0.2) is 54.6 Å². The largest absolute Gasteiger partial charge is 0.386 e. The van der Waals surface area contributed by atoms with Crippen LogP contribution in [0.25, 0.3) is 0 Å². The first-order valence-electron chi connectivity index (χ1n) is 7.47. The van der Waals surface area contributed by atoms with Gasteiger partial charge in [0.25, 0.3) is 0 Å². The average molecular weight is 317 g/mol. The van der Waals surface area contributed by atoms with Crippen LogP contribution in [0, 0.1) is 5.82 Å². The summed E-state index contributed by atoms with van der Waals surface area (Å²) in [6, 6.07) is 15.6. The summed E-state index contributed by atoms with van der Waals surface area (Å²) < 4.78 is 18.9. The molecule has 0 spiro atoms. The predicted octanol–water partition coefficient (Wildman–Crippen LogP) is 2.58. The van der Waals surface area contributed by atoms with Gasteiger partial charge in [-0.15, -0.1) is 0 Å². The van der Waals surface area contributed by atoms with Crippen LogP contribution in [-0.2, 0) is 16.1 Å². The van der Waals surface area contributed by atoms with E-state index in [-0.39, 0.29) is 31.0 Å². The van der Waals surface area contributed by atoms with E-state index in [0.717, 1.165) is 5.56 Å². The zero-order chi connectivity index (χ0) is 16.5. The quantitative estimate of drug-likeness (QED) is 0.736. The summed E-state index contributed by atoms with van der Waals surface area (Å²) in [5.41, 5.74) is 1.22. The Bertz CT molecular complexity index is 619. The number of carbonyl (C=O) groups is 1.